The van der Waals surface area contributed by atoms with Gasteiger partial charge in [0.05, 0.1) is 11.6 Å². The van der Waals surface area contributed by atoms with Crippen LogP contribution < -0.4 is 4.74 Å². The highest BCUT2D eigenvalue weighted by atomic mass is 19.4. The van der Waals surface area contributed by atoms with Gasteiger partial charge in [-0.1, -0.05) is 13.8 Å². The molecule has 0 atom stereocenters. The van der Waals surface area contributed by atoms with E-state index in [-0.39, 0.29) is 11.7 Å². The van der Waals surface area contributed by atoms with Gasteiger partial charge in [0.1, 0.15) is 18.4 Å². The number of nitrogens with zero attached hydrogens (tertiary/aromatic N) is 3. The van der Waals surface area contributed by atoms with Crippen LogP contribution in [0.5, 0.6) is 5.75 Å². The fourth-order valence-corrected chi connectivity index (χ4v) is 1.14. The van der Waals surface area contributed by atoms with Crippen LogP contribution in [0.2, 0.25) is 0 Å². The number of carboxylic acids is 1. The predicted octanol–water partition coefficient (Wildman–Crippen LogP) is 2.89. The molecule has 0 fully saturated rings. The summed E-state index contributed by atoms with van der Waals surface area (Å²) in [5.41, 5.74) is 0.604. The van der Waals surface area contributed by atoms with Crippen molar-refractivity contribution in [2.45, 2.75) is 20.2 Å². The van der Waals surface area contributed by atoms with Crippen LogP contribution >= 0.6 is 0 Å². The van der Waals surface area contributed by atoms with Crippen LogP contribution in [-0.4, -0.2) is 32.2 Å². The second-order valence-electron chi connectivity index (χ2n) is 4.37. The second-order valence-corrected chi connectivity index (χ2v) is 4.37. The molecular weight excluding hydrogens is 303 g/mol. The minimum absolute atomic E-state index is 0.231. The van der Waals surface area contributed by atoms with Gasteiger partial charge >= 0.3 is 12.3 Å². The third-order valence-corrected chi connectivity index (χ3v) is 2.25. The Bertz CT molecular complexity index is 581. The number of aromatic nitrogens is 3. The molecule has 0 radical (unpaired) electrons. The molecule has 1 aromatic carbocycles. The van der Waals surface area contributed by atoms with Crippen molar-refractivity contribution in [2.75, 3.05) is 0 Å². The van der Waals surface area contributed by atoms with E-state index in [0.717, 1.165) is 0 Å². The summed E-state index contributed by atoms with van der Waals surface area (Å²) in [5.74, 6) is -1.24. The van der Waals surface area contributed by atoms with Gasteiger partial charge in [-0.15, -0.1) is 13.2 Å². The van der Waals surface area contributed by atoms with Crippen molar-refractivity contribution in [1.29, 1.82) is 0 Å². The zero-order chi connectivity index (χ0) is 16.8. The zero-order valence-corrected chi connectivity index (χ0v) is 11.8. The highest BCUT2D eigenvalue weighted by molar-refractivity contribution is 5.68. The van der Waals surface area contributed by atoms with Gasteiger partial charge in [0.2, 0.25) is 0 Å². The monoisotopic (exact) mass is 317 g/mol. The number of aliphatic carboxylic acids is 1. The Morgan fingerprint density at radius 3 is 2.18 bits per heavy atom. The Hall–Kier alpha value is -2.58. The summed E-state index contributed by atoms with van der Waals surface area (Å²) < 4.78 is 40.8. The molecule has 0 spiro atoms. The van der Waals surface area contributed by atoms with E-state index in [0.29, 0.717) is 5.69 Å². The van der Waals surface area contributed by atoms with Gasteiger partial charge < -0.3 is 9.84 Å². The molecule has 1 N–H and O–H groups in total. The van der Waals surface area contributed by atoms with Crippen molar-refractivity contribution in [3.63, 3.8) is 0 Å². The lowest BCUT2D eigenvalue weighted by Crippen LogP contribution is -2.17. The van der Waals surface area contributed by atoms with Crippen molar-refractivity contribution >= 4 is 5.97 Å². The first-order valence-corrected chi connectivity index (χ1v) is 6.12. The molecule has 0 saturated heterocycles. The molecule has 0 unspecified atom stereocenters. The van der Waals surface area contributed by atoms with E-state index in [4.69, 9.17) is 5.11 Å². The van der Waals surface area contributed by atoms with Crippen LogP contribution in [0.15, 0.2) is 36.9 Å². The lowest BCUT2D eigenvalue weighted by atomic mass is 10.2. The van der Waals surface area contributed by atoms with Crippen LogP contribution in [0.4, 0.5) is 13.2 Å². The molecule has 0 bridgehead atoms. The number of alkyl halides is 3. The van der Waals surface area contributed by atoms with Crippen molar-refractivity contribution in [1.82, 2.24) is 14.8 Å². The first kappa shape index (κ1) is 17.5. The summed E-state index contributed by atoms with van der Waals surface area (Å²) in [6.45, 7) is 3.28. The first-order valence-electron chi connectivity index (χ1n) is 6.12. The Morgan fingerprint density at radius 1 is 1.27 bits per heavy atom. The Kier molecular flexibility index (Phi) is 5.90. The number of hydrogen-bond acceptors (Lipinski definition) is 4. The molecule has 0 saturated carbocycles. The standard InChI is InChI=1S/C9H6F3N3O.C4H8O2/c10-9(11,12)16-8-3-1-7(2-4-8)15-6-13-5-14-15;1-3(2)4(5)6/h1-6H;3H,1-2H3,(H,5,6). The third-order valence-electron chi connectivity index (χ3n) is 2.25. The van der Waals surface area contributed by atoms with Gasteiger partial charge in [0.15, 0.2) is 0 Å². The van der Waals surface area contributed by atoms with Gasteiger partial charge in [-0.2, -0.15) is 5.10 Å². The van der Waals surface area contributed by atoms with Gasteiger partial charge in [0, 0.05) is 0 Å². The predicted molar refractivity (Wildman–Crippen MR) is 70.5 cm³/mol. The van der Waals surface area contributed by atoms with E-state index >= 15 is 0 Å². The van der Waals surface area contributed by atoms with E-state index in [1.807, 2.05) is 0 Å². The van der Waals surface area contributed by atoms with E-state index < -0.39 is 12.3 Å². The summed E-state index contributed by atoms with van der Waals surface area (Å²) in [5, 5.41) is 11.8. The molecule has 2 rings (SSSR count). The maximum atomic E-state index is 11.9. The normalized spacial score (nSPS) is 10.8. The largest absolute Gasteiger partial charge is 0.573 e. The average Bonchev–Trinajstić information content (AvgIpc) is 2.92. The maximum absolute atomic E-state index is 11.9. The molecule has 1 heterocycles. The number of carbonyl (C=O) groups is 1. The number of benzene rings is 1. The molecule has 0 aliphatic rings. The number of carboxylic acid groups (broad SMARTS) is 1. The Balaban J connectivity index is 0.000000346. The number of hydrogen-bond donors (Lipinski definition) is 1. The molecule has 0 amide bonds. The smallest absolute Gasteiger partial charge is 0.481 e. The van der Waals surface area contributed by atoms with Gasteiger partial charge in [0.25, 0.3) is 0 Å². The minimum Gasteiger partial charge on any atom is -0.481 e. The van der Waals surface area contributed by atoms with E-state index in [1.165, 1.54) is 41.6 Å². The molecule has 0 aliphatic carbocycles. The molecule has 1 aromatic heterocycles. The molecule has 9 heteroatoms. The topological polar surface area (TPSA) is 77.2 Å². The molecule has 2 aromatic rings. The highest BCUT2D eigenvalue weighted by Gasteiger charge is 2.30. The molecule has 22 heavy (non-hydrogen) atoms. The third kappa shape index (κ3) is 6.25. The lowest BCUT2D eigenvalue weighted by Gasteiger charge is -2.08. The van der Waals surface area contributed by atoms with E-state index in [1.54, 1.807) is 13.8 Å². The fraction of sp³-hybridized carbons (Fsp3) is 0.308. The molecule has 0 aliphatic heterocycles. The fourth-order valence-electron chi connectivity index (χ4n) is 1.14. The average molecular weight is 317 g/mol. The summed E-state index contributed by atoms with van der Waals surface area (Å²) in [6.07, 6.45) is -1.89. The highest BCUT2D eigenvalue weighted by Crippen LogP contribution is 2.23. The SMILES string of the molecule is CC(C)C(=O)O.FC(F)(F)Oc1ccc(-n2cncn2)cc1. The maximum Gasteiger partial charge on any atom is 0.573 e. The van der Waals surface area contributed by atoms with Crippen LogP contribution in [-0.2, 0) is 4.79 Å². The number of halogens is 3. The number of rotatable bonds is 3. The number of ether oxygens (including phenoxy) is 1. The van der Waals surface area contributed by atoms with Crippen LogP contribution in [0.3, 0.4) is 0 Å². The quantitative estimate of drug-likeness (QED) is 0.942. The van der Waals surface area contributed by atoms with E-state index in [9.17, 15) is 18.0 Å². The zero-order valence-electron chi connectivity index (χ0n) is 11.8. The summed E-state index contributed by atoms with van der Waals surface area (Å²) in [4.78, 5) is 13.4. The van der Waals surface area contributed by atoms with Crippen molar-refractivity contribution in [2.24, 2.45) is 5.92 Å². The molecule has 120 valence electrons. The lowest BCUT2D eigenvalue weighted by molar-refractivity contribution is -0.274. The van der Waals surface area contributed by atoms with Crippen LogP contribution in [0.25, 0.3) is 5.69 Å². The Labute approximate surface area is 124 Å². The summed E-state index contributed by atoms with van der Waals surface area (Å²) >= 11 is 0. The molecular formula is C13H14F3N3O3. The first-order chi connectivity index (χ1) is 10.2. The Morgan fingerprint density at radius 2 is 1.82 bits per heavy atom. The van der Waals surface area contributed by atoms with Crippen molar-refractivity contribution in [3.8, 4) is 11.4 Å². The summed E-state index contributed by atoms with van der Waals surface area (Å²) in [7, 11) is 0. The van der Waals surface area contributed by atoms with Crippen LogP contribution in [0, 0.1) is 5.92 Å². The summed E-state index contributed by atoms with van der Waals surface area (Å²) in [6, 6.07) is 5.33. The minimum atomic E-state index is -4.67. The van der Waals surface area contributed by atoms with E-state index in [2.05, 4.69) is 14.8 Å². The molecule has 6 nitrogen and oxygen atoms in total. The van der Waals surface area contributed by atoms with Crippen molar-refractivity contribution < 1.29 is 27.8 Å². The van der Waals surface area contributed by atoms with Gasteiger partial charge in [-0.05, 0) is 24.3 Å². The van der Waals surface area contributed by atoms with Gasteiger partial charge in [-0.3, -0.25) is 4.79 Å². The van der Waals surface area contributed by atoms with Crippen molar-refractivity contribution in [3.05, 3.63) is 36.9 Å². The van der Waals surface area contributed by atoms with Crippen LogP contribution in [0.1, 0.15) is 13.8 Å². The second kappa shape index (κ2) is 7.43. The van der Waals surface area contributed by atoms with Gasteiger partial charge in [-0.25, -0.2) is 9.67 Å².